The van der Waals surface area contributed by atoms with Crippen molar-refractivity contribution in [1.82, 2.24) is 0 Å². The molecule has 1 heteroatoms. The van der Waals surface area contributed by atoms with Crippen LogP contribution >= 0.6 is 22.6 Å². The van der Waals surface area contributed by atoms with Gasteiger partial charge in [0.1, 0.15) is 0 Å². The highest BCUT2D eigenvalue weighted by Gasteiger charge is 2.06. The van der Waals surface area contributed by atoms with E-state index in [0.29, 0.717) is 0 Å². The lowest BCUT2D eigenvalue weighted by molar-refractivity contribution is 1.38. The van der Waals surface area contributed by atoms with Crippen LogP contribution in [-0.2, 0) is 0 Å². The molecule has 0 aliphatic heterocycles. The molecular weight excluding hydrogens is 367 g/mol. The van der Waals surface area contributed by atoms with E-state index >= 15 is 0 Å². The minimum absolute atomic E-state index is 1.27. The molecule has 0 amide bonds. The standard InChI is InChI=1S/C20H17I/c1-14-5-3-6-15(2)20(14)18-8-4-7-17(13-18)16-9-11-19(21)12-10-16/h3-13H,1-2H3. The van der Waals surface area contributed by atoms with E-state index in [1.807, 2.05) is 0 Å². The zero-order valence-corrected chi connectivity index (χ0v) is 14.4. The lowest BCUT2D eigenvalue weighted by Crippen LogP contribution is -1.88. The van der Waals surface area contributed by atoms with Gasteiger partial charge >= 0.3 is 0 Å². The molecule has 0 N–H and O–H groups in total. The van der Waals surface area contributed by atoms with E-state index in [-0.39, 0.29) is 0 Å². The summed E-state index contributed by atoms with van der Waals surface area (Å²) in [4.78, 5) is 0. The van der Waals surface area contributed by atoms with Gasteiger partial charge in [0.2, 0.25) is 0 Å². The highest BCUT2D eigenvalue weighted by molar-refractivity contribution is 14.1. The lowest BCUT2D eigenvalue weighted by Gasteiger charge is -2.11. The van der Waals surface area contributed by atoms with E-state index in [1.54, 1.807) is 0 Å². The fraction of sp³-hybridized carbons (Fsp3) is 0.100. The Morgan fingerprint density at radius 1 is 0.619 bits per heavy atom. The van der Waals surface area contributed by atoms with Crippen molar-refractivity contribution in [2.45, 2.75) is 13.8 Å². The number of aryl methyl sites for hydroxylation is 2. The first-order chi connectivity index (χ1) is 10.1. The molecule has 0 fully saturated rings. The molecule has 0 aromatic heterocycles. The Bertz CT molecular complexity index is 750. The van der Waals surface area contributed by atoms with Gasteiger partial charge in [-0.25, -0.2) is 0 Å². The smallest absolute Gasteiger partial charge is 0.0130 e. The fourth-order valence-electron chi connectivity index (χ4n) is 2.77. The van der Waals surface area contributed by atoms with Crippen LogP contribution < -0.4 is 0 Å². The third-order valence-electron chi connectivity index (χ3n) is 3.81. The summed E-state index contributed by atoms with van der Waals surface area (Å²) in [6.45, 7) is 4.36. The predicted octanol–water partition coefficient (Wildman–Crippen LogP) is 6.24. The first kappa shape index (κ1) is 14.3. The fourth-order valence-corrected chi connectivity index (χ4v) is 3.13. The van der Waals surface area contributed by atoms with Crippen molar-refractivity contribution in [2.75, 3.05) is 0 Å². The van der Waals surface area contributed by atoms with Crippen molar-refractivity contribution in [3.05, 3.63) is 81.4 Å². The van der Waals surface area contributed by atoms with E-state index in [1.165, 1.54) is 37.0 Å². The second kappa shape index (κ2) is 6.02. The van der Waals surface area contributed by atoms with Crippen molar-refractivity contribution in [3.8, 4) is 22.3 Å². The molecule has 0 bridgehead atoms. The summed E-state index contributed by atoms with van der Waals surface area (Å²) in [5.41, 5.74) is 7.84. The zero-order chi connectivity index (χ0) is 14.8. The van der Waals surface area contributed by atoms with Gasteiger partial charge in [-0.1, -0.05) is 48.5 Å². The molecule has 21 heavy (non-hydrogen) atoms. The molecule has 3 rings (SSSR count). The molecule has 0 radical (unpaired) electrons. The Morgan fingerprint density at radius 2 is 1.19 bits per heavy atom. The van der Waals surface area contributed by atoms with Crippen LogP contribution in [0, 0.1) is 17.4 Å². The molecular formula is C20H17I. The average molecular weight is 384 g/mol. The van der Waals surface area contributed by atoms with Gasteiger partial charge in [0, 0.05) is 3.57 Å². The summed E-state index contributed by atoms with van der Waals surface area (Å²) in [6.07, 6.45) is 0. The summed E-state index contributed by atoms with van der Waals surface area (Å²) in [7, 11) is 0. The van der Waals surface area contributed by atoms with Gasteiger partial charge in [-0.3, -0.25) is 0 Å². The minimum Gasteiger partial charge on any atom is -0.0617 e. The van der Waals surface area contributed by atoms with Crippen molar-refractivity contribution >= 4 is 22.6 Å². The Hall–Kier alpha value is -1.61. The number of halogens is 1. The Labute approximate surface area is 140 Å². The summed E-state index contributed by atoms with van der Waals surface area (Å²) >= 11 is 2.34. The highest BCUT2D eigenvalue weighted by Crippen LogP contribution is 2.30. The van der Waals surface area contributed by atoms with Gasteiger partial charge in [0.15, 0.2) is 0 Å². The van der Waals surface area contributed by atoms with Crippen LogP contribution in [0.2, 0.25) is 0 Å². The van der Waals surface area contributed by atoms with Crippen LogP contribution in [0.1, 0.15) is 11.1 Å². The third-order valence-corrected chi connectivity index (χ3v) is 4.53. The van der Waals surface area contributed by atoms with Gasteiger partial charge in [0.05, 0.1) is 0 Å². The van der Waals surface area contributed by atoms with Gasteiger partial charge in [-0.05, 0) is 88.0 Å². The van der Waals surface area contributed by atoms with Crippen LogP contribution in [0.15, 0.2) is 66.7 Å². The van der Waals surface area contributed by atoms with Crippen LogP contribution in [-0.4, -0.2) is 0 Å². The molecule has 0 saturated heterocycles. The van der Waals surface area contributed by atoms with E-state index in [0.717, 1.165) is 0 Å². The second-order valence-corrected chi connectivity index (χ2v) is 6.60. The van der Waals surface area contributed by atoms with E-state index < -0.39 is 0 Å². The molecule has 0 atom stereocenters. The van der Waals surface area contributed by atoms with Crippen LogP contribution in [0.25, 0.3) is 22.3 Å². The molecule has 0 heterocycles. The lowest BCUT2D eigenvalue weighted by atomic mass is 9.93. The molecule has 0 unspecified atom stereocenters. The monoisotopic (exact) mass is 384 g/mol. The van der Waals surface area contributed by atoms with E-state index in [9.17, 15) is 0 Å². The molecule has 0 nitrogen and oxygen atoms in total. The molecule has 0 saturated carbocycles. The first-order valence-electron chi connectivity index (χ1n) is 7.08. The predicted molar refractivity (Wildman–Crippen MR) is 99.5 cm³/mol. The third kappa shape index (κ3) is 3.03. The maximum Gasteiger partial charge on any atom is 0.0130 e. The molecule has 3 aromatic carbocycles. The number of benzene rings is 3. The molecule has 104 valence electrons. The Balaban J connectivity index is 2.10. The molecule has 0 aliphatic carbocycles. The van der Waals surface area contributed by atoms with Gasteiger partial charge in [-0.2, -0.15) is 0 Å². The Morgan fingerprint density at radius 3 is 1.86 bits per heavy atom. The van der Waals surface area contributed by atoms with Crippen molar-refractivity contribution < 1.29 is 0 Å². The SMILES string of the molecule is Cc1cccc(C)c1-c1cccc(-c2ccc(I)cc2)c1. The summed E-state index contributed by atoms with van der Waals surface area (Å²) < 4.78 is 1.27. The molecule has 3 aromatic rings. The maximum absolute atomic E-state index is 2.34. The van der Waals surface area contributed by atoms with Gasteiger partial charge < -0.3 is 0 Å². The first-order valence-corrected chi connectivity index (χ1v) is 8.15. The summed E-state index contributed by atoms with van der Waals surface area (Å²) in [5, 5.41) is 0. The van der Waals surface area contributed by atoms with Gasteiger partial charge in [-0.15, -0.1) is 0 Å². The minimum atomic E-state index is 1.27. The quantitative estimate of drug-likeness (QED) is 0.459. The number of hydrogen-bond donors (Lipinski definition) is 0. The zero-order valence-electron chi connectivity index (χ0n) is 12.2. The Kier molecular flexibility index (Phi) is 4.11. The van der Waals surface area contributed by atoms with Crippen molar-refractivity contribution in [3.63, 3.8) is 0 Å². The molecule has 0 spiro atoms. The van der Waals surface area contributed by atoms with Crippen molar-refractivity contribution in [1.29, 1.82) is 0 Å². The topological polar surface area (TPSA) is 0 Å². The van der Waals surface area contributed by atoms with E-state index in [4.69, 9.17) is 0 Å². The largest absolute Gasteiger partial charge is 0.0617 e. The normalized spacial score (nSPS) is 10.6. The summed E-state index contributed by atoms with van der Waals surface area (Å²) in [5.74, 6) is 0. The van der Waals surface area contributed by atoms with Crippen molar-refractivity contribution in [2.24, 2.45) is 0 Å². The maximum atomic E-state index is 2.34. The van der Waals surface area contributed by atoms with Crippen LogP contribution in [0.5, 0.6) is 0 Å². The van der Waals surface area contributed by atoms with Gasteiger partial charge in [0.25, 0.3) is 0 Å². The average Bonchev–Trinajstić information content (AvgIpc) is 2.48. The number of hydrogen-bond acceptors (Lipinski definition) is 0. The van der Waals surface area contributed by atoms with E-state index in [2.05, 4.69) is 103 Å². The number of rotatable bonds is 2. The van der Waals surface area contributed by atoms with Crippen LogP contribution in [0.3, 0.4) is 0 Å². The van der Waals surface area contributed by atoms with Crippen LogP contribution in [0.4, 0.5) is 0 Å². The highest BCUT2D eigenvalue weighted by atomic mass is 127. The molecule has 0 aliphatic rings. The summed E-state index contributed by atoms with van der Waals surface area (Å²) in [6, 6.07) is 24.0. The second-order valence-electron chi connectivity index (χ2n) is 5.35.